The minimum atomic E-state index is -0.287. The summed E-state index contributed by atoms with van der Waals surface area (Å²) in [6.45, 7) is 1.43. The van der Waals surface area contributed by atoms with Gasteiger partial charge in [0.25, 0.3) is 5.56 Å². The highest BCUT2D eigenvalue weighted by atomic mass is 35.5. The van der Waals surface area contributed by atoms with E-state index in [-0.39, 0.29) is 10.6 Å². The fourth-order valence-electron chi connectivity index (χ4n) is 1.68. The Bertz CT molecular complexity index is 416. The first kappa shape index (κ1) is 11.4. The van der Waals surface area contributed by atoms with E-state index in [0.717, 1.165) is 25.8 Å². The molecule has 0 radical (unpaired) electrons. The van der Waals surface area contributed by atoms with Crippen LogP contribution < -0.4 is 16.2 Å². The average molecular weight is 243 g/mol. The Morgan fingerprint density at radius 3 is 3.00 bits per heavy atom. The van der Waals surface area contributed by atoms with Crippen LogP contribution in [0.1, 0.15) is 19.3 Å². The summed E-state index contributed by atoms with van der Waals surface area (Å²) in [6.07, 6.45) is 4.54. The number of aromatic nitrogens is 2. The normalized spacial score (nSPS) is 15.1. The molecule has 0 spiro atoms. The van der Waals surface area contributed by atoms with Crippen LogP contribution in [0, 0.1) is 0 Å². The zero-order valence-corrected chi connectivity index (χ0v) is 9.70. The molecule has 6 heteroatoms. The maximum atomic E-state index is 11.4. The van der Waals surface area contributed by atoms with Crippen LogP contribution in [0.3, 0.4) is 0 Å². The van der Waals surface area contributed by atoms with Crippen molar-refractivity contribution < 1.29 is 0 Å². The number of H-pyrrole nitrogens is 1. The van der Waals surface area contributed by atoms with E-state index >= 15 is 0 Å². The molecule has 0 aromatic carbocycles. The van der Waals surface area contributed by atoms with Gasteiger partial charge in [-0.2, -0.15) is 0 Å². The zero-order valence-electron chi connectivity index (χ0n) is 8.95. The summed E-state index contributed by atoms with van der Waals surface area (Å²) in [5.41, 5.74) is 5.21. The van der Waals surface area contributed by atoms with Gasteiger partial charge in [-0.3, -0.25) is 4.79 Å². The van der Waals surface area contributed by atoms with Gasteiger partial charge in [0.1, 0.15) is 5.02 Å². The number of halogens is 1. The third kappa shape index (κ3) is 2.36. The van der Waals surface area contributed by atoms with E-state index in [9.17, 15) is 4.79 Å². The van der Waals surface area contributed by atoms with E-state index in [1.807, 2.05) is 0 Å². The molecule has 1 aliphatic carbocycles. The molecule has 1 aliphatic rings. The lowest BCUT2D eigenvalue weighted by Gasteiger charge is -2.23. The summed E-state index contributed by atoms with van der Waals surface area (Å²) in [7, 11) is 0. The number of anilines is 1. The van der Waals surface area contributed by atoms with Crippen LogP contribution >= 0.6 is 11.6 Å². The van der Waals surface area contributed by atoms with Gasteiger partial charge in [-0.15, -0.1) is 0 Å². The van der Waals surface area contributed by atoms with Crippen LogP contribution in [0.25, 0.3) is 0 Å². The molecular weight excluding hydrogens is 228 g/mol. The first-order valence-corrected chi connectivity index (χ1v) is 5.81. The van der Waals surface area contributed by atoms with Crippen LogP contribution in [0.5, 0.6) is 0 Å². The summed E-state index contributed by atoms with van der Waals surface area (Å²) in [4.78, 5) is 20.1. The van der Waals surface area contributed by atoms with Gasteiger partial charge >= 0.3 is 0 Å². The fourth-order valence-corrected chi connectivity index (χ4v) is 1.90. The average Bonchev–Trinajstić information content (AvgIpc) is 3.08. The minimum Gasteiger partial charge on any atom is -0.352 e. The molecule has 2 rings (SSSR count). The summed E-state index contributed by atoms with van der Waals surface area (Å²) < 4.78 is 0. The van der Waals surface area contributed by atoms with Crippen LogP contribution in [0.2, 0.25) is 5.02 Å². The first-order chi connectivity index (χ1) is 7.74. The summed E-state index contributed by atoms with van der Waals surface area (Å²) >= 11 is 5.96. The number of hydrogen-bond acceptors (Lipinski definition) is 4. The molecule has 1 fully saturated rings. The predicted molar refractivity (Wildman–Crippen MR) is 63.9 cm³/mol. The van der Waals surface area contributed by atoms with Gasteiger partial charge in [0.05, 0.1) is 6.33 Å². The molecule has 0 unspecified atom stereocenters. The standard InChI is InChI=1S/C10H15ClN4O/c11-8-9(13-6-14-10(8)16)15(5-1-4-12)7-2-3-7/h6-7H,1-5,12H2,(H,13,14,16). The molecular formula is C10H15ClN4O. The highest BCUT2D eigenvalue weighted by Gasteiger charge is 2.31. The molecule has 1 aromatic heterocycles. The lowest BCUT2D eigenvalue weighted by molar-refractivity contribution is 0.720. The number of rotatable bonds is 5. The van der Waals surface area contributed by atoms with Crippen molar-refractivity contribution in [3.63, 3.8) is 0 Å². The van der Waals surface area contributed by atoms with Gasteiger partial charge in [-0.1, -0.05) is 11.6 Å². The third-order valence-electron chi connectivity index (χ3n) is 2.64. The summed E-state index contributed by atoms with van der Waals surface area (Å²) in [6, 6.07) is 0.471. The van der Waals surface area contributed by atoms with Crippen LogP contribution in [-0.2, 0) is 0 Å². The molecule has 1 saturated carbocycles. The number of nitrogens with two attached hydrogens (primary N) is 1. The van der Waals surface area contributed by atoms with E-state index in [0.29, 0.717) is 18.4 Å². The second-order valence-corrected chi connectivity index (χ2v) is 4.31. The van der Waals surface area contributed by atoms with Gasteiger partial charge < -0.3 is 15.6 Å². The molecule has 1 heterocycles. The molecule has 0 amide bonds. The van der Waals surface area contributed by atoms with E-state index in [4.69, 9.17) is 17.3 Å². The Hall–Kier alpha value is -1.07. The number of aromatic amines is 1. The Balaban J connectivity index is 2.24. The Morgan fingerprint density at radius 2 is 2.38 bits per heavy atom. The molecule has 16 heavy (non-hydrogen) atoms. The minimum absolute atomic E-state index is 0.173. The van der Waals surface area contributed by atoms with Crippen LogP contribution in [0.4, 0.5) is 5.82 Å². The molecule has 0 atom stereocenters. The highest BCUT2D eigenvalue weighted by Crippen LogP contribution is 2.32. The van der Waals surface area contributed by atoms with Crippen molar-refractivity contribution in [2.75, 3.05) is 18.0 Å². The Morgan fingerprint density at radius 1 is 1.62 bits per heavy atom. The summed E-state index contributed by atoms with van der Waals surface area (Å²) in [5, 5.41) is 0.173. The maximum Gasteiger partial charge on any atom is 0.271 e. The zero-order chi connectivity index (χ0) is 11.5. The van der Waals surface area contributed by atoms with Crippen LogP contribution in [-0.4, -0.2) is 29.1 Å². The SMILES string of the molecule is NCCCN(c1nc[nH]c(=O)c1Cl)C1CC1. The van der Waals surface area contributed by atoms with E-state index in [1.165, 1.54) is 6.33 Å². The van der Waals surface area contributed by atoms with Crippen molar-refractivity contribution in [2.45, 2.75) is 25.3 Å². The van der Waals surface area contributed by atoms with Crippen molar-refractivity contribution in [1.29, 1.82) is 0 Å². The lowest BCUT2D eigenvalue weighted by atomic mass is 10.3. The van der Waals surface area contributed by atoms with Gasteiger partial charge in [-0.25, -0.2) is 4.98 Å². The highest BCUT2D eigenvalue weighted by molar-refractivity contribution is 6.32. The molecule has 0 saturated heterocycles. The van der Waals surface area contributed by atoms with Crippen molar-refractivity contribution >= 4 is 17.4 Å². The monoisotopic (exact) mass is 242 g/mol. The van der Waals surface area contributed by atoms with Crippen molar-refractivity contribution in [3.05, 3.63) is 21.7 Å². The summed E-state index contributed by atoms with van der Waals surface area (Å²) in [5.74, 6) is 0.585. The topological polar surface area (TPSA) is 75.0 Å². The number of nitrogens with one attached hydrogen (secondary N) is 1. The second kappa shape index (κ2) is 4.84. The second-order valence-electron chi connectivity index (χ2n) is 3.94. The molecule has 5 nitrogen and oxygen atoms in total. The van der Waals surface area contributed by atoms with Gasteiger partial charge in [0, 0.05) is 12.6 Å². The van der Waals surface area contributed by atoms with Crippen molar-refractivity contribution in [3.8, 4) is 0 Å². The molecule has 3 N–H and O–H groups in total. The van der Waals surface area contributed by atoms with Crippen molar-refractivity contribution in [2.24, 2.45) is 5.73 Å². The predicted octanol–water partition coefficient (Wildman–Crippen LogP) is 0.741. The molecule has 1 aromatic rings. The fraction of sp³-hybridized carbons (Fsp3) is 0.600. The maximum absolute atomic E-state index is 11.4. The van der Waals surface area contributed by atoms with E-state index in [2.05, 4.69) is 14.9 Å². The molecule has 0 bridgehead atoms. The number of nitrogens with zero attached hydrogens (tertiary/aromatic N) is 2. The quantitative estimate of drug-likeness (QED) is 0.799. The van der Waals surface area contributed by atoms with Gasteiger partial charge in [0.15, 0.2) is 5.82 Å². The van der Waals surface area contributed by atoms with Crippen molar-refractivity contribution in [1.82, 2.24) is 9.97 Å². The Kier molecular flexibility index (Phi) is 3.46. The van der Waals surface area contributed by atoms with E-state index in [1.54, 1.807) is 0 Å². The molecule has 88 valence electrons. The first-order valence-electron chi connectivity index (χ1n) is 5.44. The van der Waals surface area contributed by atoms with Gasteiger partial charge in [0.2, 0.25) is 0 Å². The largest absolute Gasteiger partial charge is 0.352 e. The van der Waals surface area contributed by atoms with Crippen LogP contribution in [0.15, 0.2) is 11.1 Å². The lowest BCUT2D eigenvalue weighted by Crippen LogP contribution is -2.31. The Labute approximate surface area is 98.6 Å². The third-order valence-corrected chi connectivity index (χ3v) is 2.98. The van der Waals surface area contributed by atoms with E-state index < -0.39 is 0 Å². The number of hydrogen-bond donors (Lipinski definition) is 2. The van der Waals surface area contributed by atoms with Gasteiger partial charge in [-0.05, 0) is 25.8 Å². The smallest absolute Gasteiger partial charge is 0.271 e. The molecule has 0 aliphatic heterocycles.